The SMILES string of the molecule is COCCC1(C)CC(=O)c2cc(OC)ccc2O1. The van der Waals surface area contributed by atoms with Crippen LogP contribution in [0.2, 0.25) is 0 Å². The monoisotopic (exact) mass is 250 g/mol. The van der Waals surface area contributed by atoms with Crippen LogP contribution in [-0.2, 0) is 4.74 Å². The van der Waals surface area contributed by atoms with E-state index in [4.69, 9.17) is 14.2 Å². The summed E-state index contributed by atoms with van der Waals surface area (Å²) in [6, 6.07) is 5.32. The summed E-state index contributed by atoms with van der Waals surface area (Å²) >= 11 is 0. The topological polar surface area (TPSA) is 44.8 Å². The van der Waals surface area contributed by atoms with E-state index in [0.717, 1.165) is 0 Å². The van der Waals surface area contributed by atoms with Crippen LogP contribution in [-0.4, -0.2) is 32.2 Å². The molecule has 4 heteroatoms. The number of benzene rings is 1. The molecule has 1 heterocycles. The van der Waals surface area contributed by atoms with Gasteiger partial charge in [0.2, 0.25) is 0 Å². The molecule has 0 aromatic heterocycles. The second kappa shape index (κ2) is 4.98. The summed E-state index contributed by atoms with van der Waals surface area (Å²) in [5.74, 6) is 1.39. The summed E-state index contributed by atoms with van der Waals surface area (Å²) in [5.41, 5.74) is 0.124. The minimum atomic E-state index is -0.477. The summed E-state index contributed by atoms with van der Waals surface area (Å²) in [4.78, 5) is 12.2. The van der Waals surface area contributed by atoms with Crippen molar-refractivity contribution in [1.29, 1.82) is 0 Å². The van der Waals surface area contributed by atoms with Crippen molar-refractivity contribution in [3.8, 4) is 11.5 Å². The number of carbonyl (C=O) groups is 1. The van der Waals surface area contributed by atoms with Crippen molar-refractivity contribution in [3.05, 3.63) is 23.8 Å². The van der Waals surface area contributed by atoms with Gasteiger partial charge in [-0.1, -0.05) is 0 Å². The molecule has 2 rings (SSSR count). The molecule has 0 N–H and O–H groups in total. The Morgan fingerprint density at radius 3 is 2.83 bits per heavy atom. The normalized spacial score (nSPS) is 22.3. The lowest BCUT2D eigenvalue weighted by atomic mass is 9.89. The first-order chi connectivity index (χ1) is 8.58. The van der Waals surface area contributed by atoms with Crippen LogP contribution in [0.3, 0.4) is 0 Å². The molecule has 1 aromatic carbocycles. The molecule has 0 bridgehead atoms. The quantitative estimate of drug-likeness (QED) is 0.823. The maximum atomic E-state index is 12.2. The van der Waals surface area contributed by atoms with Crippen LogP contribution in [0.4, 0.5) is 0 Å². The van der Waals surface area contributed by atoms with Gasteiger partial charge in [0, 0.05) is 20.1 Å². The predicted octanol–water partition coefficient (Wildman–Crippen LogP) is 2.46. The van der Waals surface area contributed by atoms with Gasteiger partial charge in [-0.2, -0.15) is 0 Å². The van der Waals surface area contributed by atoms with Crippen molar-refractivity contribution in [1.82, 2.24) is 0 Å². The number of ketones is 1. The molecule has 0 radical (unpaired) electrons. The largest absolute Gasteiger partial charge is 0.497 e. The molecule has 4 nitrogen and oxygen atoms in total. The molecule has 1 unspecified atom stereocenters. The van der Waals surface area contributed by atoms with E-state index in [2.05, 4.69) is 0 Å². The third kappa shape index (κ3) is 2.48. The van der Waals surface area contributed by atoms with Crippen LogP contribution < -0.4 is 9.47 Å². The van der Waals surface area contributed by atoms with Crippen molar-refractivity contribution in [3.63, 3.8) is 0 Å². The molecule has 1 aliphatic rings. The Balaban J connectivity index is 2.26. The Hall–Kier alpha value is -1.55. The smallest absolute Gasteiger partial charge is 0.170 e. The van der Waals surface area contributed by atoms with Gasteiger partial charge >= 0.3 is 0 Å². The van der Waals surface area contributed by atoms with Crippen molar-refractivity contribution >= 4 is 5.78 Å². The average Bonchev–Trinajstić information content (AvgIpc) is 2.36. The molecule has 18 heavy (non-hydrogen) atoms. The van der Waals surface area contributed by atoms with Gasteiger partial charge in [-0.15, -0.1) is 0 Å². The Labute approximate surface area is 107 Å². The number of methoxy groups -OCH3 is 2. The highest BCUT2D eigenvalue weighted by atomic mass is 16.5. The first kappa shape index (κ1) is 12.9. The van der Waals surface area contributed by atoms with Gasteiger partial charge in [0.1, 0.15) is 17.1 Å². The van der Waals surface area contributed by atoms with Gasteiger partial charge in [0.15, 0.2) is 5.78 Å². The first-order valence-electron chi connectivity index (χ1n) is 5.97. The lowest BCUT2D eigenvalue weighted by molar-refractivity contribution is 0.0290. The second-order valence-electron chi connectivity index (χ2n) is 4.76. The minimum Gasteiger partial charge on any atom is -0.497 e. The molecule has 1 atom stereocenters. The van der Waals surface area contributed by atoms with E-state index in [1.807, 2.05) is 6.92 Å². The minimum absolute atomic E-state index is 0.0914. The lowest BCUT2D eigenvalue weighted by Crippen LogP contribution is -2.40. The van der Waals surface area contributed by atoms with Gasteiger partial charge in [-0.05, 0) is 25.1 Å². The van der Waals surface area contributed by atoms with E-state index in [-0.39, 0.29) is 5.78 Å². The van der Waals surface area contributed by atoms with Crippen LogP contribution in [0.15, 0.2) is 18.2 Å². The van der Waals surface area contributed by atoms with E-state index in [0.29, 0.717) is 36.5 Å². The van der Waals surface area contributed by atoms with Crippen LogP contribution >= 0.6 is 0 Å². The zero-order chi connectivity index (χ0) is 13.2. The van der Waals surface area contributed by atoms with E-state index in [9.17, 15) is 4.79 Å². The van der Waals surface area contributed by atoms with Gasteiger partial charge in [-0.25, -0.2) is 0 Å². The van der Waals surface area contributed by atoms with Gasteiger partial charge in [0.25, 0.3) is 0 Å². The average molecular weight is 250 g/mol. The third-order valence-corrected chi connectivity index (χ3v) is 3.21. The van der Waals surface area contributed by atoms with Gasteiger partial charge in [-0.3, -0.25) is 4.79 Å². The number of fused-ring (bicyclic) bond motifs is 1. The number of rotatable bonds is 4. The number of ether oxygens (including phenoxy) is 3. The Bertz CT molecular complexity index is 455. The summed E-state index contributed by atoms with van der Waals surface area (Å²) in [6.45, 7) is 2.52. The molecule has 0 aliphatic carbocycles. The van der Waals surface area contributed by atoms with Crippen LogP contribution in [0.1, 0.15) is 30.1 Å². The fourth-order valence-corrected chi connectivity index (χ4v) is 2.14. The fourth-order valence-electron chi connectivity index (χ4n) is 2.14. The summed E-state index contributed by atoms with van der Waals surface area (Å²) in [6.07, 6.45) is 1.07. The first-order valence-corrected chi connectivity index (χ1v) is 5.97. The zero-order valence-corrected chi connectivity index (χ0v) is 11.0. The Morgan fingerprint density at radius 2 is 2.17 bits per heavy atom. The van der Waals surface area contributed by atoms with Gasteiger partial charge in [0.05, 0.1) is 19.1 Å². The summed E-state index contributed by atoms with van der Waals surface area (Å²) < 4.78 is 16.1. The summed E-state index contributed by atoms with van der Waals surface area (Å²) in [5, 5.41) is 0. The number of carbonyl (C=O) groups excluding carboxylic acids is 1. The Kier molecular flexibility index (Phi) is 3.57. The number of hydrogen-bond donors (Lipinski definition) is 0. The highest BCUT2D eigenvalue weighted by molar-refractivity contribution is 6.00. The van der Waals surface area contributed by atoms with E-state index >= 15 is 0 Å². The molecular weight excluding hydrogens is 232 g/mol. The highest BCUT2D eigenvalue weighted by Crippen LogP contribution is 2.36. The van der Waals surface area contributed by atoms with Gasteiger partial charge < -0.3 is 14.2 Å². The molecule has 98 valence electrons. The lowest BCUT2D eigenvalue weighted by Gasteiger charge is -2.34. The van der Waals surface area contributed by atoms with E-state index < -0.39 is 5.60 Å². The second-order valence-corrected chi connectivity index (χ2v) is 4.76. The molecule has 0 saturated heterocycles. The maximum Gasteiger partial charge on any atom is 0.170 e. The molecule has 1 aliphatic heterocycles. The van der Waals surface area contributed by atoms with Crippen LogP contribution in [0, 0.1) is 0 Å². The number of hydrogen-bond acceptors (Lipinski definition) is 4. The molecule has 0 spiro atoms. The van der Waals surface area contributed by atoms with Crippen molar-refractivity contribution in [2.24, 2.45) is 0 Å². The van der Waals surface area contributed by atoms with E-state index in [1.54, 1.807) is 32.4 Å². The molecular formula is C14H18O4. The van der Waals surface area contributed by atoms with E-state index in [1.165, 1.54) is 0 Å². The molecule has 0 amide bonds. The standard InChI is InChI=1S/C14H18O4/c1-14(6-7-16-2)9-12(15)11-8-10(17-3)4-5-13(11)18-14/h4-5,8H,6-7,9H2,1-3H3. The number of Topliss-reactive ketones (excluding diaryl/α,β-unsaturated/α-hetero) is 1. The maximum absolute atomic E-state index is 12.2. The Morgan fingerprint density at radius 1 is 1.39 bits per heavy atom. The van der Waals surface area contributed by atoms with Crippen LogP contribution in [0.5, 0.6) is 11.5 Å². The predicted molar refractivity (Wildman–Crippen MR) is 67.5 cm³/mol. The van der Waals surface area contributed by atoms with Crippen LogP contribution in [0.25, 0.3) is 0 Å². The highest BCUT2D eigenvalue weighted by Gasteiger charge is 2.36. The van der Waals surface area contributed by atoms with Crippen molar-refractivity contribution in [2.75, 3.05) is 20.8 Å². The molecule has 0 saturated carbocycles. The van der Waals surface area contributed by atoms with Crippen molar-refractivity contribution in [2.45, 2.75) is 25.4 Å². The summed E-state index contributed by atoms with van der Waals surface area (Å²) in [7, 11) is 3.23. The zero-order valence-electron chi connectivity index (χ0n) is 11.0. The third-order valence-electron chi connectivity index (χ3n) is 3.21. The molecule has 1 aromatic rings. The molecule has 0 fully saturated rings. The van der Waals surface area contributed by atoms with Crippen molar-refractivity contribution < 1.29 is 19.0 Å². The fraction of sp³-hybridized carbons (Fsp3) is 0.500.